The molecule has 5 heteroatoms. The molecule has 2 N–H and O–H groups in total. The Morgan fingerprint density at radius 1 is 1.04 bits per heavy atom. The fraction of sp³-hybridized carbons (Fsp3) is 0.182. The molecule has 1 heterocycles. The molecule has 1 amide bonds. The number of methoxy groups -OCH3 is 1. The van der Waals surface area contributed by atoms with Gasteiger partial charge in [-0.15, -0.1) is 0 Å². The smallest absolute Gasteiger partial charge is 0.253 e. The van der Waals surface area contributed by atoms with Crippen molar-refractivity contribution in [1.29, 1.82) is 0 Å². The number of aryl methyl sites for hydroxylation is 1. The molecular weight excluding hydrogens is 338 g/mol. The summed E-state index contributed by atoms with van der Waals surface area (Å²) < 4.78 is 5.31. The number of amides is 1. The zero-order valence-corrected chi connectivity index (χ0v) is 15.5. The third-order valence-electron chi connectivity index (χ3n) is 4.28. The molecule has 0 spiro atoms. The van der Waals surface area contributed by atoms with E-state index in [9.17, 15) is 4.79 Å². The average molecular weight is 361 g/mol. The van der Waals surface area contributed by atoms with Crippen LogP contribution in [-0.2, 0) is 13.0 Å². The number of anilines is 2. The Morgan fingerprint density at radius 2 is 1.81 bits per heavy atom. The van der Waals surface area contributed by atoms with Crippen LogP contribution in [0.3, 0.4) is 0 Å². The number of hydrogen-bond donors (Lipinski definition) is 2. The standard InChI is InChI=1S/C22H23N3O2/c1-3-16-8-10-19(11-9-16)25-20-12-18(13-23-15-20)22(26)24-14-17-6-4-5-7-21(17)27-2/h4-13,15,25H,3,14H2,1-2H3,(H,24,26). The molecule has 1 aromatic heterocycles. The van der Waals surface area contributed by atoms with Crippen LogP contribution < -0.4 is 15.4 Å². The Morgan fingerprint density at radius 3 is 2.56 bits per heavy atom. The fourth-order valence-electron chi connectivity index (χ4n) is 2.75. The van der Waals surface area contributed by atoms with Crippen LogP contribution in [0, 0.1) is 0 Å². The Hall–Kier alpha value is -3.34. The molecule has 0 saturated carbocycles. The monoisotopic (exact) mass is 361 g/mol. The minimum atomic E-state index is -0.182. The van der Waals surface area contributed by atoms with Crippen molar-refractivity contribution in [1.82, 2.24) is 10.3 Å². The highest BCUT2D eigenvalue weighted by Gasteiger charge is 2.09. The van der Waals surface area contributed by atoms with E-state index in [1.807, 2.05) is 36.4 Å². The van der Waals surface area contributed by atoms with Gasteiger partial charge in [0.25, 0.3) is 5.91 Å². The number of pyridine rings is 1. The number of carbonyl (C=O) groups excluding carboxylic acids is 1. The van der Waals surface area contributed by atoms with Crippen LogP contribution in [0.15, 0.2) is 67.0 Å². The van der Waals surface area contributed by atoms with Gasteiger partial charge in [-0.3, -0.25) is 9.78 Å². The topological polar surface area (TPSA) is 63.2 Å². The Balaban J connectivity index is 1.66. The number of benzene rings is 2. The first-order valence-electron chi connectivity index (χ1n) is 8.90. The van der Waals surface area contributed by atoms with Crippen LogP contribution in [-0.4, -0.2) is 18.0 Å². The van der Waals surface area contributed by atoms with Gasteiger partial charge in [0.05, 0.1) is 24.6 Å². The van der Waals surface area contributed by atoms with E-state index in [1.54, 1.807) is 25.6 Å². The number of nitrogens with zero attached hydrogens (tertiary/aromatic N) is 1. The molecule has 0 aliphatic rings. The highest BCUT2D eigenvalue weighted by Crippen LogP contribution is 2.19. The number of nitrogens with one attached hydrogen (secondary N) is 2. The predicted molar refractivity (Wildman–Crippen MR) is 108 cm³/mol. The molecule has 0 saturated heterocycles. The lowest BCUT2D eigenvalue weighted by atomic mass is 10.1. The van der Waals surface area contributed by atoms with Crippen LogP contribution in [0.4, 0.5) is 11.4 Å². The summed E-state index contributed by atoms with van der Waals surface area (Å²) in [5.74, 6) is 0.570. The molecule has 0 unspecified atom stereocenters. The average Bonchev–Trinajstić information content (AvgIpc) is 2.73. The van der Waals surface area contributed by atoms with Gasteiger partial charge in [0.1, 0.15) is 5.75 Å². The van der Waals surface area contributed by atoms with Gasteiger partial charge in [0.2, 0.25) is 0 Å². The first-order valence-corrected chi connectivity index (χ1v) is 8.90. The molecule has 3 rings (SSSR count). The summed E-state index contributed by atoms with van der Waals surface area (Å²) in [6, 6.07) is 17.6. The van der Waals surface area contributed by atoms with Crippen molar-refractivity contribution in [2.24, 2.45) is 0 Å². The first kappa shape index (κ1) is 18.5. The second-order valence-electron chi connectivity index (χ2n) is 6.13. The van der Waals surface area contributed by atoms with Crippen molar-refractivity contribution in [3.8, 4) is 5.75 Å². The quantitative estimate of drug-likeness (QED) is 0.658. The molecule has 0 aliphatic carbocycles. The van der Waals surface area contributed by atoms with E-state index in [0.29, 0.717) is 12.1 Å². The van der Waals surface area contributed by atoms with Crippen molar-refractivity contribution in [3.63, 3.8) is 0 Å². The molecular formula is C22H23N3O2. The first-order chi connectivity index (χ1) is 13.2. The largest absolute Gasteiger partial charge is 0.496 e. The van der Waals surface area contributed by atoms with E-state index in [-0.39, 0.29) is 5.91 Å². The second-order valence-corrected chi connectivity index (χ2v) is 6.13. The van der Waals surface area contributed by atoms with Crippen LogP contribution in [0.1, 0.15) is 28.4 Å². The van der Waals surface area contributed by atoms with Crippen molar-refractivity contribution in [3.05, 3.63) is 83.7 Å². The van der Waals surface area contributed by atoms with Gasteiger partial charge in [-0.25, -0.2) is 0 Å². The maximum absolute atomic E-state index is 12.5. The van der Waals surface area contributed by atoms with Gasteiger partial charge in [0, 0.05) is 24.0 Å². The van der Waals surface area contributed by atoms with Gasteiger partial charge in [-0.2, -0.15) is 0 Å². The number of ether oxygens (including phenoxy) is 1. The molecule has 0 fully saturated rings. The summed E-state index contributed by atoms with van der Waals surface area (Å²) in [4.78, 5) is 16.7. The highest BCUT2D eigenvalue weighted by atomic mass is 16.5. The lowest BCUT2D eigenvalue weighted by Crippen LogP contribution is -2.23. The van der Waals surface area contributed by atoms with Crippen LogP contribution in [0.25, 0.3) is 0 Å². The molecule has 2 aromatic carbocycles. The van der Waals surface area contributed by atoms with E-state index in [2.05, 4.69) is 34.7 Å². The van der Waals surface area contributed by atoms with Crippen molar-refractivity contribution in [2.45, 2.75) is 19.9 Å². The van der Waals surface area contributed by atoms with Gasteiger partial charge in [0.15, 0.2) is 0 Å². The molecule has 0 radical (unpaired) electrons. The van der Waals surface area contributed by atoms with Gasteiger partial charge >= 0.3 is 0 Å². The van der Waals surface area contributed by atoms with Gasteiger partial charge in [-0.1, -0.05) is 37.3 Å². The molecule has 3 aromatic rings. The SMILES string of the molecule is CCc1ccc(Nc2cncc(C(=O)NCc3ccccc3OC)c2)cc1. The van der Waals surface area contributed by atoms with Gasteiger partial charge in [-0.05, 0) is 36.2 Å². The van der Waals surface area contributed by atoms with E-state index in [4.69, 9.17) is 4.74 Å². The third-order valence-corrected chi connectivity index (χ3v) is 4.28. The van der Waals surface area contributed by atoms with Crippen molar-refractivity contribution >= 4 is 17.3 Å². The highest BCUT2D eigenvalue weighted by molar-refractivity contribution is 5.94. The Labute approximate surface area is 159 Å². The van der Waals surface area contributed by atoms with E-state index in [1.165, 1.54) is 5.56 Å². The van der Waals surface area contributed by atoms with E-state index < -0.39 is 0 Å². The summed E-state index contributed by atoms with van der Waals surface area (Å²) >= 11 is 0. The molecule has 138 valence electrons. The molecule has 0 bridgehead atoms. The number of carbonyl (C=O) groups is 1. The minimum absolute atomic E-state index is 0.182. The Bertz CT molecular complexity index is 907. The molecule has 5 nitrogen and oxygen atoms in total. The molecule has 0 atom stereocenters. The van der Waals surface area contributed by atoms with Gasteiger partial charge < -0.3 is 15.4 Å². The summed E-state index contributed by atoms with van der Waals surface area (Å²) in [7, 11) is 1.62. The third kappa shape index (κ3) is 4.85. The lowest BCUT2D eigenvalue weighted by Gasteiger charge is -2.11. The summed E-state index contributed by atoms with van der Waals surface area (Å²) in [5.41, 5.74) is 4.43. The number of hydrogen-bond acceptors (Lipinski definition) is 4. The maximum Gasteiger partial charge on any atom is 0.253 e. The summed E-state index contributed by atoms with van der Waals surface area (Å²) in [6.45, 7) is 2.51. The molecule has 27 heavy (non-hydrogen) atoms. The number of rotatable bonds is 7. The van der Waals surface area contributed by atoms with Crippen LogP contribution in [0.5, 0.6) is 5.75 Å². The second kappa shape index (κ2) is 8.85. The van der Waals surface area contributed by atoms with Crippen LogP contribution in [0.2, 0.25) is 0 Å². The van der Waals surface area contributed by atoms with E-state index >= 15 is 0 Å². The number of aromatic nitrogens is 1. The summed E-state index contributed by atoms with van der Waals surface area (Å²) in [6.07, 6.45) is 4.26. The number of para-hydroxylation sites is 1. The fourth-order valence-corrected chi connectivity index (χ4v) is 2.75. The summed E-state index contributed by atoms with van der Waals surface area (Å²) in [5, 5.41) is 6.19. The molecule has 0 aliphatic heterocycles. The normalized spacial score (nSPS) is 10.3. The minimum Gasteiger partial charge on any atom is -0.496 e. The lowest BCUT2D eigenvalue weighted by molar-refractivity contribution is 0.0950. The van der Waals surface area contributed by atoms with Crippen molar-refractivity contribution in [2.75, 3.05) is 12.4 Å². The Kier molecular flexibility index (Phi) is 6.05. The van der Waals surface area contributed by atoms with Crippen LogP contribution >= 0.6 is 0 Å². The maximum atomic E-state index is 12.5. The zero-order chi connectivity index (χ0) is 19.1. The predicted octanol–water partition coefficient (Wildman–Crippen LogP) is 4.33. The zero-order valence-electron chi connectivity index (χ0n) is 15.5. The van der Waals surface area contributed by atoms with E-state index in [0.717, 1.165) is 29.1 Å². The van der Waals surface area contributed by atoms with Crippen molar-refractivity contribution < 1.29 is 9.53 Å².